The van der Waals surface area contributed by atoms with Crippen molar-refractivity contribution in [2.45, 2.75) is 37.5 Å². The molecule has 0 radical (unpaired) electrons. The highest BCUT2D eigenvalue weighted by atomic mass is 32.2. The van der Waals surface area contributed by atoms with Crippen LogP contribution in [0, 0.1) is 0 Å². The lowest BCUT2D eigenvalue weighted by Crippen LogP contribution is -2.15. The maximum absolute atomic E-state index is 12.2. The Hall–Kier alpha value is -2.25. The average molecular weight is 347 g/mol. The van der Waals surface area contributed by atoms with Gasteiger partial charge in [0.25, 0.3) is 5.91 Å². The molecule has 2 rings (SSSR count). The maximum Gasteiger partial charge on any atom is 0.274 e. The van der Waals surface area contributed by atoms with Crippen LogP contribution in [0.2, 0.25) is 0 Å². The van der Waals surface area contributed by atoms with Crippen molar-refractivity contribution < 1.29 is 13.2 Å². The number of rotatable bonds is 7. The lowest BCUT2D eigenvalue weighted by molar-refractivity contribution is 0.102. The zero-order valence-electron chi connectivity index (χ0n) is 13.5. The Bertz CT molecular complexity index is 785. The molecule has 1 heterocycles. The van der Waals surface area contributed by atoms with Gasteiger partial charge in [0, 0.05) is 11.9 Å². The maximum atomic E-state index is 12.2. The quantitative estimate of drug-likeness (QED) is 0.752. The van der Waals surface area contributed by atoms with E-state index in [1.165, 1.54) is 30.7 Å². The number of nitrogens with zero attached hydrogens (tertiary/aromatic N) is 1. The molecule has 1 aromatic carbocycles. The van der Waals surface area contributed by atoms with E-state index in [2.05, 4.69) is 17.2 Å². The van der Waals surface area contributed by atoms with E-state index in [0.717, 1.165) is 24.8 Å². The normalized spacial score (nSPS) is 11.2. The number of amides is 1. The molecule has 128 valence electrons. The lowest BCUT2D eigenvalue weighted by Gasteiger charge is -2.06. The summed E-state index contributed by atoms with van der Waals surface area (Å²) in [6, 6.07) is 9.24. The summed E-state index contributed by atoms with van der Waals surface area (Å²) < 4.78 is 22.4. The molecule has 1 amide bonds. The van der Waals surface area contributed by atoms with Gasteiger partial charge in [-0.3, -0.25) is 9.78 Å². The molecule has 6 nitrogen and oxygen atoms in total. The van der Waals surface area contributed by atoms with Gasteiger partial charge in [0.1, 0.15) is 5.69 Å². The van der Waals surface area contributed by atoms with Crippen molar-refractivity contribution in [1.82, 2.24) is 4.98 Å². The molecule has 7 heteroatoms. The molecule has 0 spiro atoms. The molecule has 0 bridgehead atoms. The summed E-state index contributed by atoms with van der Waals surface area (Å²) in [5, 5.41) is 7.70. The first-order valence-corrected chi connectivity index (χ1v) is 9.34. The average Bonchev–Trinajstić information content (AvgIpc) is 2.55. The highest BCUT2D eigenvalue weighted by Gasteiger charge is 2.10. The van der Waals surface area contributed by atoms with Gasteiger partial charge in [-0.2, -0.15) is 0 Å². The Morgan fingerprint density at radius 1 is 1.12 bits per heavy atom. The molecule has 3 N–H and O–H groups in total. The standard InChI is InChI=1S/C17H21N3O3S/c1-2-3-4-5-13-6-11-16(19-12-13)17(21)20-14-7-9-15(10-8-14)24(18,22)23/h6-12H,2-5H2,1H3,(H,20,21)(H2,18,22,23). The largest absolute Gasteiger partial charge is 0.321 e. The number of benzene rings is 1. The molecule has 0 saturated heterocycles. The topological polar surface area (TPSA) is 102 Å². The lowest BCUT2D eigenvalue weighted by atomic mass is 10.1. The fourth-order valence-corrected chi connectivity index (χ4v) is 2.72. The number of hydrogen-bond acceptors (Lipinski definition) is 4. The number of carbonyl (C=O) groups is 1. The molecule has 0 aliphatic carbocycles. The smallest absolute Gasteiger partial charge is 0.274 e. The molecule has 1 aromatic heterocycles. The molecule has 2 aromatic rings. The Morgan fingerprint density at radius 2 is 1.83 bits per heavy atom. The summed E-state index contributed by atoms with van der Waals surface area (Å²) in [7, 11) is -3.74. The van der Waals surface area contributed by atoms with E-state index in [9.17, 15) is 13.2 Å². The van der Waals surface area contributed by atoms with Gasteiger partial charge in [0.05, 0.1) is 4.90 Å². The zero-order chi connectivity index (χ0) is 17.6. The van der Waals surface area contributed by atoms with E-state index in [0.29, 0.717) is 11.4 Å². The van der Waals surface area contributed by atoms with Crippen molar-refractivity contribution in [1.29, 1.82) is 0 Å². The van der Waals surface area contributed by atoms with Gasteiger partial charge >= 0.3 is 0 Å². The van der Waals surface area contributed by atoms with Gasteiger partial charge in [-0.25, -0.2) is 13.6 Å². The van der Waals surface area contributed by atoms with Crippen LogP contribution in [0.4, 0.5) is 5.69 Å². The number of anilines is 1. The summed E-state index contributed by atoms with van der Waals surface area (Å²) in [6.07, 6.45) is 6.13. The van der Waals surface area contributed by atoms with Gasteiger partial charge in [0.2, 0.25) is 10.0 Å². The van der Waals surface area contributed by atoms with Crippen LogP contribution in [0.1, 0.15) is 42.2 Å². The minimum atomic E-state index is -3.74. The molecule has 24 heavy (non-hydrogen) atoms. The Kier molecular flexibility index (Phi) is 6.05. The molecule has 0 atom stereocenters. The molecule has 0 unspecified atom stereocenters. The van der Waals surface area contributed by atoms with Gasteiger partial charge in [-0.05, 0) is 48.7 Å². The number of nitrogens with two attached hydrogens (primary N) is 1. The van der Waals surface area contributed by atoms with E-state index in [4.69, 9.17) is 5.14 Å². The first kappa shape index (κ1) is 18.1. The number of aryl methyl sites for hydroxylation is 1. The first-order chi connectivity index (χ1) is 11.4. The second-order valence-corrected chi connectivity index (χ2v) is 7.09. The highest BCUT2D eigenvalue weighted by Crippen LogP contribution is 2.14. The number of carbonyl (C=O) groups excluding carboxylic acids is 1. The number of sulfonamides is 1. The van der Waals surface area contributed by atoms with Crippen LogP contribution >= 0.6 is 0 Å². The summed E-state index contributed by atoms with van der Waals surface area (Å²) >= 11 is 0. The third-order valence-electron chi connectivity index (χ3n) is 3.57. The summed E-state index contributed by atoms with van der Waals surface area (Å²) in [5.41, 5.74) is 1.89. The molecular formula is C17H21N3O3S. The van der Waals surface area contributed by atoms with Crippen molar-refractivity contribution in [2.75, 3.05) is 5.32 Å². The number of unbranched alkanes of at least 4 members (excludes halogenated alkanes) is 2. The number of primary sulfonamides is 1. The van der Waals surface area contributed by atoms with Crippen molar-refractivity contribution in [2.24, 2.45) is 5.14 Å². The van der Waals surface area contributed by atoms with Crippen molar-refractivity contribution >= 4 is 21.6 Å². The van der Waals surface area contributed by atoms with E-state index in [1.807, 2.05) is 6.07 Å². The Labute approximate surface area is 142 Å². The highest BCUT2D eigenvalue weighted by molar-refractivity contribution is 7.89. The number of hydrogen-bond donors (Lipinski definition) is 2. The minimum Gasteiger partial charge on any atom is -0.321 e. The van der Waals surface area contributed by atoms with Gasteiger partial charge in [-0.1, -0.05) is 25.8 Å². The Morgan fingerprint density at radius 3 is 2.38 bits per heavy atom. The predicted octanol–water partition coefficient (Wildman–Crippen LogP) is 2.71. The SMILES string of the molecule is CCCCCc1ccc(C(=O)Nc2ccc(S(N)(=O)=O)cc2)nc1. The second-order valence-electron chi connectivity index (χ2n) is 5.53. The van der Waals surface area contributed by atoms with Crippen LogP contribution in [0.15, 0.2) is 47.5 Å². The van der Waals surface area contributed by atoms with Crippen molar-refractivity contribution in [3.63, 3.8) is 0 Å². The van der Waals surface area contributed by atoms with Crippen LogP contribution in [-0.4, -0.2) is 19.3 Å². The first-order valence-electron chi connectivity index (χ1n) is 7.79. The van der Waals surface area contributed by atoms with Crippen LogP contribution in [-0.2, 0) is 16.4 Å². The van der Waals surface area contributed by atoms with Gasteiger partial charge in [0.15, 0.2) is 0 Å². The monoisotopic (exact) mass is 347 g/mol. The van der Waals surface area contributed by atoms with Crippen molar-refractivity contribution in [3.05, 3.63) is 53.9 Å². The molecule has 0 aliphatic heterocycles. The Balaban J connectivity index is 1.99. The van der Waals surface area contributed by atoms with Crippen LogP contribution in [0.25, 0.3) is 0 Å². The number of aromatic nitrogens is 1. The predicted molar refractivity (Wildman–Crippen MR) is 93.2 cm³/mol. The van der Waals surface area contributed by atoms with E-state index >= 15 is 0 Å². The fraction of sp³-hybridized carbons (Fsp3) is 0.294. The van der Waals surface area contributed by atoms with E-state index in [-0.39, 0.29) is 10.8 Å². The fourth-order valence-electron chi connectivity index (χ4n) is 2.21. The summed E-state index contributed by atoms with van der Waals surface area (Å²) in [6.45, 7) is 2.15. The van der Waals surface area contributed by atoms with Gasteiger partial charge < -0.3 is 5.32 Å². The third-order valence-corrected chi connectivity index (χ3v) is 4.50. The molecule has 0 fully saturated rings. The third kappa shape index (κ3) is 5.14. The number of nitrogens with one attached hydrogen (secondary N) is 1. The molecule has 0 aliphatic rings. The molecular weight excluding hydrogens is 326 g/mol. The second kappa shape index (κ2) is 8.03. The summed E-state index contributed by atoms with van der Waals surface area (Å²) in [4.78, 5) is 16.3. The number of pyridine rings is 1. The van der Waals surface area contributed by atoms with Crippen LogP contribution in [0.5, 0.6) is 0 Å². The van der Waals surface area contributed by atoms with E-state index in [1.54, 1.807) is 12.3 Å². The van der Waals surface area contributed by atoms with E-state index < -0.39 is 10.0 Å². The zero-order valence-corrected chi connectivity index (χ0v) is 14.3. The van der Waals surface area contributed by atoms with Crippen molar-refractivity contribution in [3.8, 4) is 0 Å². The van der Waals surface area contributed by atoms with Crippen LogP contribution in [0.3, 0.4) is 0 Å². The molecule has 0 saturated carbocycles. The minimum absolute atomic E-state index is 0.00458. The summed E-state index contributed by atoms with van der Waals surface area (Å²) in [5.74, 6) is -0.349. The van der Waals surface area contributed by atoms with Crippen LogP contribution < -0.4 is 10.5 Å². The van der Waals surface area contributed by atoms with Gasteiger partial charge in [-0.15, -0.1) is 0 Å².